The van der Waals surface area contributed by atoms with Gasteiger partial charge in [-0.15, -0.1) is 0 Å². The number of rotatable bonds is 7. The maximum atomic E-state index is 14.6. The van der Waals surface area contributed by atoms with E-state index in [1.54, 1.807) is 12.1 Å². The van der Waals surface area contributed by atoms with Gasteiger partial charge in [0, 0.05) is 43.1 Å². The van der Waals surface area contributed by atoms with Crippen molar-refractivity contribution in [3.8, 4) is 11.5 Å². The molecule has 0 saturated heterocycles. The van der Waals surface area contributed by atoms with Crippen molar-refractivity contribution in [2.75, 3.05) is 26.1 Å². The SMILES string of the molecule is COC1=Cc2nccc(Oc3ccc(NC(=O)CNC(=O)C(F)(F)F)cc3F)c2CC1OC. The van der Waals surface area contributed by atoms with E-state index in [-0.39, 0.29) is 17.5 Å². The number of benzene rings is 1. The zero-order valence-electron chi connectivity index (χ0n) is 17.5. The van der Waals surface area contributed by atoms with Crippen LogP contribution >= 0.6 is 0 Å². The number of hydrogen-bond acceptors (Lipinski definition) is 6. The summed E-state index contributed by atoms with van der Waals surface area (Å²) >= 11 is 0. The molecule has 33 heavy (non-hydrogen) atoms. The molecule has 0 aliphatic heterocycles. The smallest absolute Gasteiger partial charge is 0.471 e. The quantitative estimate of drug-likeness (QED) is 0.605. The van der Waals surface area contributed by atoms with E-state index in [4.69, 9.17) is 14.2 Å². The molecule has 8 nitrogen and oxygen atoms in total. The standard InChI is InChI=1S/C21H19F4N3O5/c1-31-17-8-12-14(9-18(17)32-2)26-6-5-15(12)33-16-4-3-11(7-13(16)22)28-19(29)10-27-20(30)21(23,24)25/h3-7,9,17H,8,10H2,1-2H3,(H,27,30)(H,28,29). The number of amides is 2. The molecule has 1 aromatic heterocycles. The number of alkyl halides is 3. The van der Waals surface area contributed by atoms with Gasteiger partial charge in [-0.25, -0.2) is 4.39 Å². The molecule has 2 N–H and O–H groups in total. The number of fused-ring (bicyclic) bond motifs is 1. The molecular formula is C21H19F4N3O5. The van der Waals surface area contributed by atoms with E-state index in [0.717, 1.165) is 6.07 Å². The summed E-state index contributed by atoms with van der Waals surface area (Å²) in [7, 11) is 3.05. The highest BCUT2D eigenvalue weighted by Crippen LogP contribution is 2.35. The van der Waals surface area contributed by atoms with Gasteiger partial charge in [-0.3, -0.25) is 14.6 Å². The highest BCUT2D eigenvalue weighted by molar-refractivity contribution is 5.95. The van der Waals surface area contributed by atoms with Crippen LogP contribution in [-0.2, 0) is 25.5 Å². The summed E-state index contributed by atoms with van der Waals surface area (Å²) in [6.07, 6.45) is -1.90. The topological polar surface area (TPSA) is 98.8 Å². The Bertz CT molecular complexity index is 1090. The van der Waals surface area contributed by atoms with E-state index < -0.39 is 30.4 Å². The van der Waals surface area contributed by atoms with Gasteiger partial charge < -0.3 is 24.8 Å². The van der Waals surface area contributed by atoms with E-state index in [1.807, 2.05) is 0 Å². The number of hydrogen-bond donors (Lipinski definition) is 2. The summed E-state index contributed by atoms with van der Waals surface area (Å²) in [6.45, 7) is -0.932. The van der Waals surface area contributed by atoms with Crippen LogP contribution in [-0.4, -0.2) is 49.8 Å². The number of halogens is 4. The number of carbonyl (C=O) groups is 2. The van der Waals surface area contributed by atoms with Gasteiger partial charge in [-0.1, -0.05) is 0 Å². The Morgan fingerprint density at radius 2 is 1.94 bits per heavy atom. The van der Waals surface area contributed by atoms with E-state index in [1.165, 1.54) is 37.9 Å². The van der Waals surface area contributed by atoms with Crippen LogP contribution in [0.4, 0.5) is 23.2 Å². The summed E-state index contributed by atoms with van der Waals surface area (Å²) in [4.78, 5) is 26.7. The molecule has 0 saturated carbocycles. The van der Waals surface area contributed by atoms with Crippen LogP contribution in [0.15, 0.2) is 36.2 Å². The Morgan fingerprint density at radius 3 is 2.58 bits per heavy atom. The normalized spacial score (nSPS) is 15.2. The number of nitrogens with zero attached hydrogens (tertiary/aromatic N) is 1. The van der Waals surface area contributed by atoms with Crippen LogP contribution < -0.4 is 15.4 Å². The predicted octanol–water partition coefficient (Wildman–Crippen LogP) is 3.19. The van der Waals surface area contributed by atoms with Crippen LogP contribution in [0.2, 0.25) is 0 Å². The number of nitrogens with one attached hydrogen (secondary N) is 2. The Hall–Kier alpha value is -3.67. The van der Waals surface area contributed by atoms with Crippen molar-refractivity contribution in [2.24, 2.45) is 0 Å². The van der Waals surface area contributed by atoms with Gasteiger partial charge in [0.1, 0.15) is 17.6 Å². The molecule has 2 aromatic rings. The molecule has 0 fully saturated rings. The Morgan fingerprint density at radius 1 is 1.18 bits per heavy atom. The molecular weight excluding hydrogens is 450 g/mol. The number of anilines is 1. The summed E-state index contributed by atoms with van der Waals surface area (Å²) < 4.78 is 67.5. The molecule has 1 aromatic carbocycles. The zero-order chi connectivity index (χ0) is 24.2. The van der Waals surface area contributed by atoms with Gasteiger partial charge in [-0.2, -0.15) is 13.2 Å². The van der Waals surface area contributed by atoms with Crippen LogP contribution in [0.25, 0.3) is 6.08 Å². The van der Waals surface area contributed by atoms with Crippen molar-refractivity contribution >= 4 is 23.6 Å². The molecule has 1 aliphatic carbocycles. The van der Waals surface area contributed by atoms with Crippen molar-refractivity contribution in [1.82, 2.24) is 10.3 Å². The van der Waals surface area contributed by atoms with Crippen LogP contribution in [0, 0.1) is 5.82 Å². The molecule has 1 aliphatic rings. The maximum Gasteiger partial charge on any atom is 0.471 e. The van der Waals surface area contributed by atoms with Crippen molar-refractivity contribution in [1.29, 1.82) is 0 Å². The molecule has 1 heterocycles. The molecule has 0 spiro atoms. The van der Waals surface area contributed by atoms with Crippen molar-refractivity contribution in [3.05, 3.63) is 53.3 Å². The lowest BCUT2D eigenvalue weighted by Crippen LogP contribution is -2.41. The fraction of sp³-hybridized carbons (Fsp3) is 0.286. The van der Waals surface area contributed by atoms with Gasteiger partial charge in [0.15, 0.2) is 11.6 Å². The maximum absolute atomic E-state index is 14.6. The van der Waals surface area contributed by atoms with Gasteiger partial charge in [0.25, 0.3) is 0 Å². The lowest BCUT2D eigenvalue weighted by atomic mass is 9.97. The third-order valence-corrected chi connectivity index (χ3v) is 4.65. The molecule has 1 unspecified atom stereocenters. The third-order valence-electron chi connectivity index (χ3n) is 4.65. The molecule has 2 amide bonds. The largest absolute Gasteiger partial charge is 0.498 e. The average molecular weight is 469 g/mol. The van der Waals surface area contributed by atoms with Gasteiger partial charge in [0.2, 0.25) is 5.91 Å². The van der Waals surface area contributed by atoms with Crippen molar-refractivity contribution in [2.45, 2.75) is 18.7 Å². The monoisotopic (exact) mass is 469 g/mol. The minimum absolute atomic E-state index is 0.0324. The van der Waals surface area contributed by atoms with Crippen molar-refractivity contribution in [3.63, 3.8) is 0 Å². The van der Waals surface area contributed by atoms with E-state index in [9.17, 15) is 27.2 Å². The zero-order valence-corrected chi connectivity index (χ0v) is 17.5. The fourth-order valence-corrected chi connectivity index (χ4v) is 3.06. The lowest BCUT2D eigenvalue weighted by molar-refractivity contribution is -0.173. The first kappa shape index (κ1) is 24.0. The molecule has 0 radical (unpaired) electrons. The Labute approximate surface area is 185 Å². The molecule has 0 bridgehead atoms. The van der Waals surface area contributed by atoms with Crippen LogP contribution in [0.1, 0.15) is 11.3 Å². The van der Waals surface area contributed by atoms with Crippen molar-refractivity contribution < 1.29 is 41.4 Å². The summed E-state index contributed by atoms with van der Waals surface area (Å²) in [5.41, 5.74) is 1.24. The highest BCUT2D eigenvalue weighted by Gasteiger charge is 2.38. The van der Waals surface area contributed by atoms with Gasteiger partial charge in [0.05, 0.1) is 19.3 Å². The number of ether oxygens (including phenoxy) is 3. The minimum atomic E-state index is -5.11. The second-order valence-corrected chi connectivity index (χ2v) is 6.83. The van der Waals surface area contributed by atoms with E-state index in [2.05, 4.69) is 10.3 Å². The third kappa shape index (κ3) is 5.77. The summed E-state index contributed by atoms with van der Waals surface area (Å²) in [5.74, 6) is -3.26. The molecule has 176 valence electrons. The second-order valence-electron chi connectivity index (χ2n) is 6.83. The van der Waals surface area contributed by atoms with E-state index >= 15 is 0 Å². The number of carbonyl (C=O) groups excluding carboxylic acids is 2. The Balaban J connectivity index is 1.70. The summed E-state index contributed by atoms with van der Waals surface area (Å²) in [6, 6.07) is 5.05. The number of pyridine rings is 1. The summed E-state index contributed by atoms with van der Waals surface area (Å²) in [5, 5.41) is 3.61. The lowest BCUT2D eigenvalue weighted by Gasteiger charge is -2.24. The minimum Gasteiger partial charge on any atom is -0.498 e. The average Bonchev–Trinajstić information content (AvgIpc) is 2.77. The number of methoxy groups -OCH3 is 2. The first-order chi connectivity index (χ1) is 15.6. The highest BCUT2D eigenvalue weighted by atomic mass is 19.4. The van der Waals surface area contributed by atoms with Gasteiger partial charge in [-0.05, 0) is 18.2 Å². The Kier molecular flexibility index (Phi) is 7.16. The molecule has 3 rings (SSSR count). The van der Waals surface area contributed by atoms with Crippen LogP contribution in [0.5, 0.6) is 11.5 Å². The number of aromatic nitrogens is 1. The fourth-order valence-electron chi connectivity index (χ4n) is 3.06. The first-order valence-electron chi connectivity index (χ1n) is 9.51. The predicted molar refractivity (Wildman–Crippen MR) is 108 cm³/mol. The second kappa shape index (κ2) is 9.86. The molecule has 1 atom stereocenters. The first-order valence-corrected chi connectivity index (χ1v) is 9.51. The van der Waals surface area contributed by atoms with Crippen LogP contribution in [0.3, 0.4) is 0 Å². The van der Waals surface area contributed by atoms with Gasteiger partial charge >= 0.3 is 12.1 Å². The molecule has 12 heteroatoms. The van der Waals surface area contributed by atoms with E-state index in [0.29, 0.717) is 29.2 Å².